The number of morpholine rings is 1. The second kappa shape index (κ2) is 7.17. The van der Waals surface area contributed by atoms with Crippen LogP contribution in [0.3, 0.4) is 0 Å². The molecule has 0 radical (unpaired) electrons. The van der Waals surface area contributed by atoms with Crippen LogP contribution in [0.1, 0.15) is 19.8 Å². The van der Waals surface area contributed by atoms with Crippen molar-refractivity contribution in [2.24, 2.45) is 0 Å². The van der Waals surface area contributed by atoms with Gasteiger partial charge < -0.3 is 19.2 Å². The normalized spacial score (nSPS) is 21.1. The molecule has 0 spiro atoms. The van der Waals surface area contributed by atoms with Gasteiger partial charge in [0, 0.05) is 19.5 Å². The SMILES string of the molecule is CC(=O)CC[C@H]1CN(c2ccc(N3CCOCC3)c(F)c2)C(=O)O1. The average molecular weight is 336 g/mol. The van der Waals surface area contributed by atoms with Crippen LogP contribution in [0.15, 0.2) is 18.2 Å². The molecule has 1 atom stereocenters. The molecule has 2 saturated heterocycles. The van der Waals surface area contributed by atoms with Crippen molar-refractivity contribution < 1.29 is 23.5 Å². The summed E-state index contributed by atoms with van der Waals surface area (Å²) in [6.45, 7) is 4.30. The van der Waals surface area contributed by atoms with E-state index in [-0.39, 0.29) is 17.7 Å². The van der Waals surface area contributed by atoms with Crippen LogP contribution < -0.4 is 9.80 Å². The monoisotopic (exact) mass is 336 g/mol. The number of ether oxygens (including phenoxy) is 2. The van der Waals surface area contributed by atoms with E-state index in [1.165, 1.54) is 17.9 Å². The summed E-state index contributed by atoms with van der Waals surface area (Å²) in [4.78, 5) is 26.4. The Morgan fingerprint density at radius 1 is 1.33 bits per heavy atom. The summed E-state index contributed by atoms with van der Waals surface area (Å²) in [6, 6.07) is 4.77. The Balaban J connectivity index is 1.69. The summed E-state index contributed by atoms with van der Waals surface area (Å²) >= 11 is 0. The van der Waals surface area contributed by atoms with Crippen molar-refractivity contribution in [2.75, 3.05) is 42.6 Å². The van der Waals surface area contributed by atoms with Crippen molar-refractivity contribution in [2.45, 2.75) is 25.9 Å². The fourth-order valence-corrected chi connectivity index (χ4v) is 2.97. The van der Waals surface area contributed by atoms with Crippen molar-refractivity contribution in [3.63, 3.8) is 0 Å². The number of anilines is 2. The van der Waals surface area contributed by atoms with Crippen LogP contribution in [0.2, 0.25) is 0 Å². The number of cyclic esters (lactones) is 1. The number of hydrogen-bond donors (Lipinski definition) is 0. The number of nitrogens with zero attached hydrogens (tertiary/aromatic N) is 2. The van der Waals surface area contributed by atoms with Gasteiger partial charge in [-0.2, -0.15) is 0 Å². The Kier molecular flexibility index (Phi) is 4.99. The van der Waals surface area contributed by atoms with Crippen LogP contribution >= 0.6 is 0 Å². The van der Waals surface area contributed by atoms with Gasteiger partial charge in [0.15, 0.2) is 0 Å². The zero-order valence-corrected chi connectivity index (χ0v) is 13.7. The molecule has 0 unspecified atom stereocenters. The first-order valence-electron chi connectivity index (χ1n) is 8.14. The molecule has 130 valence electrons. The van der Waals surface area contributed by atoms with E-state index >= 15 is 0 Å². The minimum absolute atomic E-state index is 0.0606. The standard InChI is InChI=1S/C17H21FN2O4/c1-12(21)2-4-14-11-20(17(22)24-14)13-3-5-16(15(18)10-13)19-6-8-23-9-7-19/h3,5,10,14H,2,4,6-9,11H2,1H3/t14-/m0/s1. The van der Waals surface area contributed by atoms with Crippen LogP contribution in [0.25, 0.3) is 0 Å². The highest BCUT2D eigenvalue weighted by Gasteiger charge is 2.32. The first kappa shape index (κ1) is 16.7. The average Bonchev–Trinajstić information content (AvgIpc) is 2.94. The van der Waals surface area contributed by atoms with Crippen molar-refractivity contribution in [3.05, 3.63) is 24.0 Å². The Hall–Kier alpha value is -2.15. The third-order valence-electron chi connectivity index (χ3n) is 4.29. The van der Waals surface area contributed by atoms with Crippen LogP contribution in [0, 0.1) is 5.82 Å². The van der Waals surface area contributed by atoms with Gasteiger partial charge in [-0.3, -0.25) is 4.90 Å². The topological polar surface area (TPSA) is 59.1 Å². The van der Waals surface area contributed by atoms with Crippen molar-refractivity contribution in [3.8, 4) is 0 Å². The van der Waals surface area contributed by atoms with E-state index in [2.05, 4.69) is 0 Å². The highest BCUT2D eigenvalue weighted by Crippen LogP contribution is 2.29. The number of Topliss-reactive ketones (excluding diaryl/α,β-unsaturated/α-hetero) is 1. The number of benzene rings is 1. The van der Waals surface area contributed by atoms with Gasteiger partial charge in [-0.1, -0.05) is 0 Å². The van der Waals surface area contributed by atoms with E-state index in [1.807, 2.05) is 4.90 Å². The first-order chi connectivity index (χ1) is 11.5. The largest absolute Gasteiger partial charge is 0.444 e. The molecule has 1 aromatic rings. The van der Waals surface area contributed by atoms with Crippen molar-refractivity contribution in [1.82, 2.24) is 0 Å². The zero-order valence-electron chi connectivity index (χ0n) is 13.7. The maximum absolute atomic E-state index is 14.5. The molecule has 7 heteroatoms. The van der Waals surface area contributed by atoms with Gasteiger partial charge in [-0.05, 0) is 31.5 Å². The van der Waals surface area contributed by atoms with Gasteiger partial charge >= 0.3 is 6.09 Å². The summed E-state index contributed by atoms with van der Waals surface area (Å²) in [7, 11) is 0. The van der Waals surface area contributed by atoms with E-state index in [0.29, 0.717) is 57.1 Å². The molecule has 3 rings (SSSR count). The molecule has 6 nitrogen and oxygen atoms in total. The summed E-state index contributed by atoms with van der Waals surface area (Å²) in [5.74, 6) is -0.306. The predicted molar refractivity (Wildman–Crippen MR) is 87.0 cm³/mol. The lowest BCUT2D eigenvalue weighted by Gasteiger charge is -2.29. The van der Waals surface area contributed by atoms with E-state index in [1.54, 1.807) is 12.1 Å². The van der Waals surface area contributed by atoms with Crippen molar-refractivity contribution in [1.29, 1.82) is 0 Å². The molecule has 0 aromatic heterocycles. The van der Waals surface area contributed by atoms with Gasteiger partial charge in [0.2, 0.25) is 0 Å². The number of carbonyl (C=O) groups is 2. The van der Waals surface area contributed by atoms with Crippen LogP contribution in [-0.4, -0.2) is 50.8 Å². The zero-order chi connectivity index (χ0) is 17.1. The van der Waals surface area contributed by atoms with Crippen LogP contribution in [-0.2, 0) is 14.3 Å². The number of carbonyl (C=O) groups excluding carboxylic acids is 2. The predicted octanol–water partition coefficient (Wildman–Crippen LogP) is 2.36. The fourth-order valence-electron chi connectivity index (χ4n) is 2.97. The van der Waals surface area contributed by atoms with Gasteiger partial charge in [-0.25, -0.2) is 9.18 Å². The molecule has 0 N–H and O–H groups in total. The van der Waals surface area contributed by atoms with Gasteiger partial charge in [0.25, 0.3) is 0 Å². The van der Waals surface area contributed by atoms with Crippen molar-refractivity contribution >= 4 is 23.3 Å². The molecule has 0 aliphatic carbocycles. The molecule has 24 heavy (non-hydrogen) atoms. The maximum atomic E-state index is 14.5. The third kappa shape index (κ3) is 3.67. The number of hydrogen-bond acceptors (Lipinski definition) is 5. The summed E-state index contributed by atoms with van der Waals surface area (Å²) in [5, 5.41) is 0. The van der Waals surface area contributed by atoms with E-state index in [4.69, 9.17) is 9.47 Å². The quantitative estimate of drug-likeness (QED) is 0.826. The summed E-state index contributed by atoms with van der Waals surface area (Å²) < 4.78 is 25.0. The molecule has 2 aliphatic rings. The third-order valence-corrected chi connectivity index (χ3v) is 4.29. The Morgan fingerprint density at radius 2 is 2.08 bits per heavy atom. The smallest absolute Gasteiger partial charge is 0.414 e. The first-order valence-corrected chi connectivity index (χ1v) is 8.14. The minimum Gasteiger partial charge on any atom is -0.444 e. The van der Waals surface area contributed by atoms with Crippen LogP contribution in [0.5, 0.6) is 0 Å². The number of amides is 1. The number of halogens is 1. The summed E-state index contributed by atoms with van der Waals surface area (Å²) in [6.07, 6.45) is 0.0348. The van der Waals surface area contributed by atoms with Crippen LogP contribution in [0.4, 0.5) is 20.6 Å². The second-order valence-electron chi connectivity index (χ2n) is 6.09. The Morgan fingerprint density at radius 3 is 2.75 bits per heavy atom. The molecule has 2 fully saturated rings. The molecule has 2 aliphatic heterocycles. The number of ketones is 1. The minimum atomic E-state index is -0.498. The molecular weight excluding hydrogens is 315 g/mol. The fraction of sp³-hybridized carbons (Fsp3) is 0.529. The Labute approximate surface area is 140 Å². The van der Waals surface area contributed by atoms with Gasteiger partial charge in [-0.15, -0.1) is 0 Å². The second-order valence-corrected chi connectivity index (χ2v) is 6.09. The Bertz CT molecular complexity index is 631. The molecule has 0 bridgehead atoms. The highest BCUT2D eigenvalue weighted by molar-refractivity contribution is 5.90. The lowest BCUT2D eigenvalue weighted by molar-refractivity contribution is -0.117. The molecule has 1 amide bonds. The highest BCUT2D eigenvalue weighted by atomic mass is 19.1. The lowest BCUT2D eigenvalue weighted by Crippen LogP contribution is -2.36. The van der Waals surface area contributed by atoms with E-state index < -0.39 is 6.09 Å². The number of rotatable bonds is 5. The molecule has 2 heterocycles. The molecular formula is C17H21FN2O4. The lowest BCUT2D eigenvalue weighted by atomic mass is 10.1. The summed E-state index contributed by atoms with van der Waals surface area (Å²) in [5.41, 5.74) is 0.988. The van der Waals surface area contributed by atoms with E-state index in [9.17, 15) is 14.0 Å². The maximum Gasteiger partial charge on any atom is 0.414 e. The van der Waals surface area contributed by atoms with Gasteiger partial charge in [0.1, 0.15) is 17.7 Å². The van der Waals surface area contributed by atoms with E-state index in [0.717, 1.165) is 0 Å². The van der Waals surface area contributed by atoms with Gasteiger partial charge in [0.05, 0.1) is 31.1 Å². The molecule has 0 saturated carbocycles. The molecule has 1 aromatic carbocycles.